The summed E-state index contributed by atoms with van der Waals surface area (Å²) in [7, 11) is 0. The van der Waals surface area contributed by atoms with Gasteiger partial charge in [0, 0.05) is 12.3 Å². The Bertz CT molecular complexity index is 818. The van der Waals surface area contributed by atoms with Crippen LogP contribution in [0.15, 0.2) is 28.6 Å². The summed E-state index contributed by atoms with van der Waals surface area (Å²) in [5, 5.41) is 2.84. The number of aryl methyl sites for hydroxylation is 1. The van der Waals surface area contributed by atoms with E-state index in [1.54, 1.807) is 16.7 Å². The Morgan fingerprint density at radius 2 is 2.21 bits per heavy atom. The van der Waals surface area contributed by atoms with E-state index in [4.69, 9.17) is 0 Å². The number of nitrogens with zero attached hydrogens (tertiary/aromatic N) is 2. The fraction of sp³-hybridized carbons (Fsp3) is 0.353. The van der Waals surface area contributed by atoms with Gasteiger partial charge >= 0.3 is 0 Å². The number of nitrogens with one attached hydrogen (secondary N) is 1. The molecule has 1 atom stereocenters. The zero-order valence-electron chi connectivity index (χ0n) is 13.2. The molecule has 24 heavy (non-hydrogen) atoms. The largest absolute Gasteiger partial charge is 0.326 e. The van der Waals surface area contributed by atoms with E-state index < -0.39 is 0 Å². The van der Waals surface area contributed by atoms with Gasteiger partial charge in [-0.2, -0.15) is 0 Å². The Morgan fingerprint density at radius 1 is 1.38 bits per heavy atom. The first-order valence-electron chi connectivity index (χ1n) is 7.93. The van der Waals surface area contributed by atoms with E-state index in [-0.39, 0.29) is 17.9 Å². The van der Waals surface area contributed by atoms with Crippen molar-refractivity contribution in [3.8, 4) is 0 Å². The summed E-state index contributed by atoms with van der Waals surface area (Å²) >= 11 is 2.98. The highest BCUT2D eigenvalue weighted by molar-refractivity contribution is 8.00. The number of carbonyl (C=O) groups is 2. The molecule has 0 radical (unpaired) electrons. The fourth-order valence-electron chi connectivity index (χ4n) is 3.12. The standard InChI is InChI=1S/C17H17N3O2S2/c1-10-5-2-3-6-11(10)9-23-17-19-14-13(24-17)16(22)20-8-4-7-12(20)15(21)18-14/h2-3,5-6,12H,4,7-9H2,1H3,(H,18,21)/t12-/m1/s1. The molecule has 5 nitrogen and oxygen atoms in total. The maximum Gasteiger partial charge on any atom is 0.268 e. The second-order valence-corrected chi connectivity index (χ2v) is 8.24. The topological polar surface area (TPSA) is 62.3 Å². The van der Waals surface area contributed by atoms with Gasteiger partial charge in [-0.3, -0.25) is 9.59 Å². The van der Waals surface area contributed by atoms with Gasteiger partial charge in [-0.15, -0.1) is 11.3 Å². The minimum atomic E-state index is -0.332. The Hall–Kier alpha value is -1.86. The van der Waals surface area contributed by atoms with Crippen molar-refractivity contribution in [2.75, 3.05) is 11.9 Å². The van der Waals surface area contributed by atoms with Crippen LogP contribution in [0.1, 0.15) is 33.6 Å². The number of rotatable bonds is 3. The molecule has 3 heterocycles. The minimum absolute atomic E-state index is 0.0638. The zero-order valence-corrected chi connectivity index (χ0v) is 14.9. The molecule has 0 aliphatic carbocycles. The van der Waals surface area contributed by atoms with Crippen LogP contribution in [0, 0.1) is 6.92 Å². The Morgan fingerprint density at radius 3 is 3.04 bits per heavy atom. The predicted molar refractivity (Wildman–Crippen MR) is 95.5 cm³/mol. The molecule has 1 N–H and O–H groups in total. The van der Waals surface area contributed by atoms with Crippen LogP contribution in [0.25, 0.3) is 0 Å². The number of fused-ring (bicyclic) bond motifs is 2. The highest BCUT2D eigenvalue weighted by atomic mass is 32.2. The van der Waals surface area contributed by atoms with Gasteiger partial charge in [-0.05, 0) is 30.9 Å². The van der Waals surface area contributed by atoms with E-state index in [2.05, 4.69) is 29.4 Å². The molecule has 1 aromatic heterocycles. The number of benzene rings is 1. The molecule has 7 heteroatoms. The maximum absolute atomic E-state index is 12.7. The molecule has 0 bridgehead atoms. The van der Waals surface area contributed by atoms with E-state index in [1.807, 2.05) is 12.1 Å². The van der Waals surface area contributed by atoms with Crippen LogP contribution >= 0.6 is 23.1 Å². The molecule has 2 aromatic rings. The third-order valence-electron chi connectivity index (χ3n) is 4.47. The van der Waals surface area contributed by atoms with Crippen LogP contribution in [0.5, 0.6) is 0 Å². The number of anilines is 1. The lowest BCUT2D eigenvalue weighted by Gasteiger charge is -2.19. The smallest absolute Gasteiger partial charge is 0.268 e. The summed E-state index contributed by atoms with van der Waals surface area (Å²) in [5.74, 6) is 1.05. The maximum atomic E-state index is 12.7. The molecule has 0 unspecified atom stereocenters. The van der Waals surface area contributed by atoms with Crippen molar-refractivity contribution in [1.29, 1.82) is 0 Å². The quantitative estimate of drug-likeness (QED) is 0.854. The van der Waals surface area contributed by atoms with Gasteiger partial charge in [0.05, 0.1) is 0 Å². The van der Waals surface area contributed by atoms with Crippen molar-refractivity contribution in [2.24, 2.45) is 0 Å². The van der Waals surface area contributed by atoms with E-state index >= 15 is 0 Å². The number of thioether (sulfide) groups is 1. The first kappa shape index (κ1) is 15.7. The van der Waals surface area contributed by atoms with E-state index in [1.165, 1.54) is 22.5 Å². The van der Waals surface area contributed by atoms with Crippen molar-refractivity contribution in [3.05, 3.63) is 40.3 Å². The van der Waals surface area contributed by atoms with Crippen LogP contribution in [0.4, 0.5) is 5.82 Å². The highest BCUT2D eigenvalue weighted by Gasteiger charge is 2.40. The SMILES string of the molecule is Cc1ccccc1CSc1nc2c(s1)C(=O)N1CCC[C@@H]1C(=O)N2. The Balaban J connectivity index is 1.56. The monoisotopic (exact) mass is 359 g/mol. The average Bonchev–Trinajstić information content (AvgIpc) is 3.18. The van der Waals surface area contributed by atoms with Gasteiger partial charge in [0.25, 0.3) is 5.91 Å². The summed E-state index contributed by atoms with van der Waals surface area (Å²) in [6, 6.07) is 7.90. The fourth-order valence-corrected chi connectivity index (χ4v) is 5.25. The van der Waals surface area contributed by atoms with Crippen LogP contribution < -0.4 is 5.32 Å². The molecule has 2 aliphatic heterocycles. The average molecular weight is 359 g/mol. The lowest BCUT2D eigenvalue weighted by molar-refractivity contribution is -0.119. The van der Waals surface area contributed by atoms with Gasteiger partial charge in [-0.1, -0.05) is 36.0 Å². The van der Waals surface area contributed by atoms with Crippen LogP contribution in [-0.2, 0) is 10.5 Å². The second kappa shape index (κ2) is 6.22. The molecule has 1 aromatic carbocycles. The summed E-state index contributed by atoms with van der Waals surface area (Å²) in [5.41, 5.74) is 2.50. The molecule has 4 rings (SSSR count). The molecule has 2 aliphatic rings. The minimum Gasteiger partial charge on any atom is -0.326 e. The first-order valence-corrected chi connectivity index (χ1v) is 9.73. The van der Waals surface area contributed by atoms with Gasteiger partial charge in [-0.25, -0.2) is 4.98 Å². The lowest BCUT2D eigenvalue weighted by atomic mass is 10.1. The number of hydrogen-bond acceptors (Lipinski definition) is 5. The molecule has 0 saturated carbocycles. The number of amides is 2. The molecule has 0 spiro atoms. The Labute approximate surface area is 148 Å². The van der Waals surface area contributed by atoms with E-state index in [0.29, 0.717) is 17.2 Å². The molecule has 1 saturated heterocycles. The van der Waals surface area contributed by atoms with Crippen molar-refractivity contribution in [3.63, 3.8) is 0 Å². The summed E-state index contributed by atoms with van der Waals surface area (Å²) < 4.78 is 0.814. The number of carbonyl (C=O) groups excluding carboxylic acids is 2. The summed E-state index contributed by atoms with van der Waals surface area (Å²) in [6.45, 7) is 2.74. The molecular formula is C17H17N3O2S2. The van der Waals surface area contributed by atoms with Gasteiger partial charge in [0.1, 0.15) is 10.9 Å². The summed E-state index contributed by atoms with van der Waals surface area (Å²) in [4.78, 5) is 31.7. The van der Waals surface area contributed by atoms with Crippen molar-refractivity contribution in [1.82, 2.24) is 9.88 Å². The van der Waals surface area contributed by atoms with Crippen LogP contribution in [0.2, 0.25) is 0 Å². The molecule has 124 valence electrons. The zero-order chi connectivity index (χ0) is 16.7. The lowest BCUT2D eigenvalue weighted by Crippen LogP contribution is -2.40. The second-order valence-electron chi connectivity index (χ2n) is 6.02. The van der Waals surface area contributed by atoms with Crippen LogP contribution in [-0.4, -0.2) is 34.3 Å². The molecule has 2 amide bonds. The Kier molecular flexibility index (Phi) is 4.05. The number of hydrogen-bond donors (Lipinski definition) is 1. The van der Waals surface area contributed by atoms with Crippen molar-refractivity contribution >= 4 is 40.7 Å². The third-order valence-corrected chi connectivity index (χ3v) is 6.71. The van der Waals surface area contributed by atoms with Crippen molar-refractivity contribution < 1.29 is 9.59 Å². The summed E-state index contributed by atoms with van der Waals surface area (Å²) in [6.07, 6.45) is 1.62. The van der Waals surface area contributed by atoms with Gasteiger partial charge in [0.2, 0.25) is 5.91 Å². The van der Waals surface area contributed by atoms with E-state index in [0.717, 1.165) is 22.9 Å². The van der Waals surface area contributed by atoms with Gasteiger partial charge < -0.3 is 10.2 Å². The van der Waals surface area contributed by atoms with Crippen molar-refractivity contribution in [2.45, 2.75) is 35.9 Å². The number of thiazole rings is 1. The van der Waals surface area contributed by atoms with E-state index in [9.17, 15) is 9.59 Å². The normalized spacial score (nSPS) is 19.7. The van der Waals surface area contributed by atoms with Gasteiger partial charge in [0.15, 0.2) is 10.2 Å². The first-order chi connectivity index (χ1) is 11.6. The predicted octanol–water partition coefficient (Wildman–Crippen LogP) is 3.30. The molecular weight excluding hydrogens is 342 g/mol. The number of aromatic nitrogens is 1. The highest BCUT2D eigenvalue weighted by Crippen LogP contribution is 2.36. The van der Waals surface area contributed by atoms with Crippen LogP contribution in [0.3, 0.4) is 0 Å². The molecule has 1 fully saturated rings. The third kappa shape index (κ3) is 2.71.